The molecule has 0 radical (unpaired) electrons. The van der Waals surface area contributed by atoms with Crippen molar-refractivity contribution in [3.05, 3.63) is 58.2 Å². The molecule has 0 amide bonds. The van der Waals surface area contributed by atoms with Crippen molar-refractivity contribution in [2.45, 2.75) is 59.0 Å². The Balaban J connectivity index is 1.47. The van der Waals surface area contributed by atoms with Gasteiger partial charge in [0.15, 0.2) is 5.78 Å². The molecule has 8 nitrogen and oxygen atoms in total. The molecule has 0 aliphatic heterocycles. The Hall–Kier alpha value is -3.29. The lowest BCUT2D eigenvalue weighted by Crippen LogP contribution is -2.57. The van der Waals surface area contributed by atoms with Crippen molar-refractivity contribution in [2.24, 2.45) is 34.5 Å². The number of hydrogen-bond donors (Lipinski definition) is 0. The molecule has 0 heterocycles. The van der Waals surface area contributed by atoms with Crippen LogP contribution in [-0.2, 0) is 14.3 Å². The number of ketones is 2. The van der Waals surface area contributed by atoms with E-state index in [1.54, 1.807) is 13.0 Å². The van der Waals surface area contributed by atoms with Crippen molar-refractivity contribution < 1.29 is 28.8 Å². The summed E-state index contributed by atoms with van der Waals surface area (Å²) in [6.07, 6.45) is 8.03. The van der Waals surface area contributed by atoms with Gasteiger partial charge in [-0.25, -0.2) is 4.79 Å². The maximum absolute atomic E-state index is 13.0. The van der Waals surface area contributed by atoms with E-state index in [-0.39, 0.29) is 57.5 Å². The molecule has 4 aliphatic carbocycles. The third kappa shape index (κ3) is 3.87. The predicted molar refractivity (Wildman–Crippen MR) is 130 cm³/mol. The molecule has 0 saturated heterocycles. The standard InChI is InChI=1S/C28H31NO7/c1-16(30)22-10-11-23-21-9-4-17-14-19(31)12-13-27(17,2)25(21)24(15-28(22,23)3)36-26(32)35-20-7-5-18(6-8-20)29(33)34/h4-9,14,21-25H,10-13,15H2,1-3H3/t21-,22+,23-,24-,25-,27+,28+/m0/s1. The van der Waals surface area contributed by atoms with E-state index < -0.39 is 17.2 Å². The Kier molecular flexibility index (Phi) is 5.88. The van der Waals surface area contributed by atoms with E-state index in [9.17, 15) is 24.5 Å². The Morgan fingerprint density at radius 3 is 2.53 bits per heavy atom. The second-order valence-electron chi connectivity index (χ2n) is 11.3. The van der Waals surface area contributed by atoms with Crippen molar-refractivity contribution in [1.82, 2.24) is 0 Å². The van der Waals surface area contributed by atoms with Crippen LogP contribution in [0.3, 0.4) is 0 Å². The first-order chi connectivity index (χ1) is 17.0. The van der Waals surface area contributed by atoms with Gasteiger partial charge < -0.3 is 9.47 Å². The number of fused-ring (bicyclic) bond motifs is 5. The molecule has 1 aromatic rings. The predicted octanol–water partition coefficient (Wildman–Crippen LogP) is 5.60. The van der Waals surface area contributed by atoms with E-state index in [0.717, 1.165) is 18.4 Å². The highest BCUT2D eigenvalue weighted by Gasteiger charge is 2.63. The van der Waals surface area contributed by atoms with E-state index in [4.69, 9.17) is 9.47 Å². The van der Waals surface area contributed by atoms with Crippen LogP contribution in [0.15, 0.2) is 48.1 Å². The summed E-state index contributed by atoms with van der Waals surface area (Å²) in [5, 5.41) is 10.9. The topological polar surface area (TPSA) is 113 Å². The number of hydrogen-bond acceptors (Lipinski definition) is 7. The smallest absolute Gasteiger partial charge is 0.430 e. The number of allylic oxidation sites excluding steroid dienone is 4. The Morgan fingerprint density at radius 1 is 1.14 bits per heavy atom. The third-order valence-corrected chi connectivity index (χ3v) is 9.42. The van der Waals surface area contributed by atoms with Gasteiger partial charge in [-0.1, -0.05) is 26.0 Å². The largest absolute Gasteiger partial charge is 0.514 e. The lowest BCUT2D eigenvalue weighted by Gasteiger charge is -2.58. The number of ether oxygens (including phenoxy) is 2. The SMILES string of the molecule is CC(=O)[C@H]1CC[C@H]2[C@@H]3C=CC4=CC(=O)CC[C@@]4(C)[C@@H]3[C@@H](OC(=O)Oc3ccc([N+](=O)[O-])cc3)C[C@]12C. The molecule has 8 heteroatoms. The van der Waals surface area contributed by atoms with Gasteiger partial charge in [0.05, 0.1) is 4.92 Å². The van der Waals surface area contributed by atoms with Crippen LogP contribution in [0.2, 0.25) is 0 Å². The van der Waals surface area contributed by atoms with Crippen LogP contribution in [0.5, 0.6) is 5.75 Å². The molecule has 0 spiro atoms. The number of nitrogens with zero attached hydrogens (tertiary/aromatic N) is 1. The first-order valence-corrected chi connectivity index (χ1v) is 12.6. The van der Waals surface area contributed by atoms with Gasteiger partial charge >= 0.3 is 6.16 Å². The quantitative estimate of drug-likeness (QED) is 0.232. The summed E-state index contributed by atoms with van der Waals surface area (Å²) in [5.41, 5.74) is 0.232. The zero-order chi connectivity index (χ0) is 25.8. The zero-order valence-electron chi connectivity index (χ0n) is 20.8. The monoisotopic (exact) mass is 493 g/mol. The van der Waals surface area contributed by atoms with Gasteiger partial charge in [-0.15, -0.1) is 0 Å². The number of non-ortho nitro benzene ring substituents is 1. The van der Waals surface area contributed by atoms with Crippen molar-refractivity contribution in [3.8, 4) is 5.75 Å². The van der Waals surface area contributed by atoms with Gasteiger partial charge in [0.1, 0.15) is 17.6 Å². The van der Waals surface area contributed by atoms with Gasteiger partial charge in [-0.3, -0.25) is 19.7 Å². The van der Waals surface area contributed by atoms with Crippen LogP contribution in [0.4, 0.5) is 10.5 Å². The van der Waals surface area contributed by atoms with Crippen molar-refractivity contribution >= 4 is 23.4 Å². The zero-order valence-corrected chi connectivity index (χ0v) is 20.8. The van der Waals surface area contributed by atoms with Crippen LogP contribution in [0.25, 0.3) is 0 Å². The minimum Gasteiger partial charge on any atom is -0.430 e. The van der Waals surface area contributed by atoms with Crippen LogP contribution < -0.4 is 4.74 Å². The molecule has 4 aliphatic rings. The second-order valence-corrected chi connectivity index (χ2v) is 11.3. The molecule has 1 aromatic carbocycles. The van der Waals surface area contributed by atoms with Gasteiger partial charge in [-0.2, -0.15) is 0 Å². The third-order valence-electron chi connectivity index (χ3n) is 9.42. The number of carbonyl (C=O) groups excluding carboxylic acids is 3. The Labute approximate surface area is 209 Å². The summed E-state index contributed by atoms with van der Waals surface area (Å²) in [7, 11) is 0. The number of nitro groups is 1. The molecule has 5 rings (SSSR count). The highest BCUT2D eigenvalue weighted by molar-refractivity contribution is 5.92. The average molecular weight is 494 g/mol. The molecule has 190 valence electrons. The van der Waals surface area contributed by atoms with Gasteiger partial charge in [-0.05, 0) is 79.1 Å². The van der Waals surface area contributed by atoms with Crippen LogP contribution in [0.1, 0.15) is 52.9 Å². The van der Waals surface area contributed by atoms with E-state index in [1.807, 2.05) is 0 Å². The molecule has 2 saturated carbocycles. The van der Waals surface area contributed by atoms with Gasteiger partial charge in [0, 0.05) is 30.4 Å². The first-order valence-electron chi connectivity index (χ1n) is 12.6. The molecule has 0 bridgehead atoms. The second kappa shape index (κ2) is 8.68. The lowest BCUT2D eigenvalue weighted by atomic mass is 9.47. The molecule has 7 atom stereocenters. The Bertz CT molecular complexity index is 1180. The number of Topliss-reactive ketones (excluding diaryl/α,β-unsaturated/α-hetero) is 1. The van der Waals surface area contributed by atoms with Crippen molar-refractivity contribution in [1.29, 1.82) is 0 Å². The summed E-state index contributed by atoms with van der Waals surface area (Å²) in [4.78, 5) is 48.2. The highest BCUT2D eigenvalue weighted by atomic mass is 16.7. The summed E-state index contributed by atoms with van der Waals surface area (Å²) in [6.45, 7) is 5.95. The fourth-order valence-corrected chi connectivity index (χ4v) is 7.75. The van der Waals surface area contributed by atoms with E-state index in [2.05, 4.69) is 26.0 Å². The minimum absolute atomic E-state index is 0.0463. The van der Waals surface area contributed by atoms with Crippen LogP contribution in [-0.4, -0.2) is 28.7 Å². The van der Waals surface area contributed by atoms with Crippen LogP contribution in [0, 0.1) is 44.6 Å². The number of rotatable bonds is 4. The van der Waals surface area contributed by atoms with Crippen molar-refractivity contribution in [2.75, 3.05) is 0 Å². The maximum Gasteiger partial charge on any atom is 0.514 e. The first kappa shape index (κ1) is 24.4. The van der Waals surface area contributed by atoms with E-state index >= 15 is 0 Å². The lowest BCUT2D eigenvalue weighted by molar-refractivity contribution is -0.384. The fourth-order valence-electron chi connectivity index (χ4n) is 7.75. The van der Waals surface area contributed by atoms with Gasteiger partial charge in [0.25, 0.3) is 5.69 Å². The number of benzene rings is 1. The summed E-state index contributed by atoms with van der Waals surface area (Å²) >= 11 is 0. The molecular formula is C28H31NO7. The van der Waals surface area contributed by atoms with E-state index in [0.29, 0.717) is 19.3 Å². The number of carbonyl (C=O) groups is 3. The molecule has 36 heavy (non-hydrogen) atoms. The Morgan fingerprint density at radius 2 is 1.86 bits per heavy atom. The molecule has 2 fully saturated rings. The molecule has 0 unspecified atom stereocenters. The summed E-state index contributed by atoms with van der Waals surface area (Å²) in [5.74, 6) is 0.693. The maximum atomic E-state index is 13.0. The van der Waals surface area contributed by atoms with Crippen molar-refractivity contribution in [3.63, 3.8) is 0 Å². The molecule has 0 aromatic heterocycles. The summed E-state index contributed by atoms with van der Waals surface area (Å²) < 4.78 is 11.4. The molecular weight excluding hydrogens is 462 g/mol. The van der Waals surface area contributed by atoms with Gasteiger partial charge in [0.2, 0.25) is 0 Å². The van der Waals surface area contributed by atoms with Crippen LogP contribution >= 0.6 is 0 Å². The molecule has 0 N–H and O–H groups in total. The fraction of sp³-hybridized carbons (Fsp3) is 0.536. The van der Waals surface area contributed by atoms with E-state index in [1.165, 1.54) is 24.3 Å². The average Bonchev–Trinajstić information content (AvgIpc) is 3.16. The number of nitro benzene ring substituents is 1. The minimum atomic E-state index is -0.873. The summed E-state index contributed by atoms with van der Waals surface area (Å²) in [6, 6.07) is 5.26. The highest BCUT2D eigenvalue weighted by Crippen LogP contribution is 2.65. The normalized spacial score (nSPS) is 36.7.